The predicted octanol–water partition coefficient (Wildman–Crippen LogP) is 3.60. The van der Waals surface area contributed by atoms with Crippen LogP contribution in [-0.2, 0) is 11.5 Å². The molecule has 0 aliphatic carbocycles. The molecule has 2 rings (SSSR count). The Hall–Kier alpha value is -0.720. The van der Waals surface area contributed by atoms with E-state index in [2.05, 4.69) is 15.0 Å². The van der Waals surface area contributed by atoms with Gasteiger partial charge in [0.2, 0.25) is 0 Å². The van der Waals surface area contributed by atoms with Crippen LogP contribution in [0, 0.1) is 0 Å². The van der Waals surface area contributed by atoms with Crippen LogP contribution in [0.5, 0.6) is 0 Å². The zero-order valence-corrected chi connectivity index (χ0v) is 11.5. The molecule has 0 amide bonds. The molecule has 2 aromatic rings. The first-order valence-corrected chi connectivity index (χ1v) is 8.83. The van der Waals surface area contributed by atoms with Crippen LogP contribution in [0.1, 0.15) is 11.4 Å². The molecule has 0 aliphatic rings. The lowest BCUT2D eigenvalue weighted by atomic mass is 10.4. The van der Waals surface area contributed by atoms with Crippen molar-refractivity contribution < 1.29 is 0 Å². The highest BCUT2D eigenvalue weighted by atomic mass is 33.5. The van der Waals surface area contributed by atoms with Gasteiger partial charge in [0.05, 0.1) is 11.4 Å². The van der Waals surface area contributed by atoms with E-state index in [0.717, 1.165) is 22.9 Å². The van der Waals surface area contributed by atoms with Crippen LogP contribution < -0.4 is 0 Å². The first-order chi connectivity index (χ1) is 8.45. The van der Waals surface area contributed by atoms with E-state index in [9.17, 15) is 0 Å². The van der Waals surface area contributed by atoms with Crippen molar-refractivity contribution in [1.29, 1.82) is 0 Å². The lowest BCUT2D eigenvalue weighted by Gasteiger charge is -2.00. The monoisotopic (exact) mass is 281 g/mol. The Morgan fingerprint density at radius 3 is 2.41 bits per heavy atom. The van der Waals surface area contributed by atoms with E-state index < -0.39 is 0 Å². The van der Waals surface area contributed by atoms with E-state index in [-0.39, 0.29) is 0 Å². The highest BCUT2D eigenvalue weighted by molar-refractivity contribution is 9.09. The number of aromatic nitrogens is 3. The Labute approximate surface area is 112 Å². The largest absolute Gasteiger partial charge is 0.261 e. The van der Waals surface area contributed by atoms with Crippen LogP contribution in [0.2, 0.25) is 0 Å². The lowest BCUT2D eigenvalue weighted by molar-refractivity contribution is 1.10. The topological polar surface area (TPSA) is 38.7 Å². The summed E-state index contributed by atoms with van der Waals surface area (Å²) < 4.78 is 0. The normalized spacial score (nSPS) is 10.4. The number of hydrogen-bond donors (Lipinski definition) is 0. The van der Waals surface area contributed by atoms with Crippen molar-refractivity contribution >= 4 is 31.4 Å². The summed E-state index contributed by atoms with van der Waals surface area (Å²) in [4.78, 5) is 12.5. The molecule has 0 atom stereocenters. The van der Waals surface area contributed by atoms with Gasteiger partial charge in [-0.3, -0.25) is 15.0 Å². The van der Waals surface area contributed by atoms with Crippen molar-refractivity contribution in [3.05, 3.63) is 54.4 Å². The van der Waals surface area contributed by atoms with Crippen molar-refractivity contribution in [2.45, 2.75) is 11.5 Å². The zero-order chi connectivity index (χ0) is 11.8. The SMILES string of the molecule is c1ccc(CSSSCc2cnccn2)nc1. The molecule has 0 aromatic carbocycles. The molecular formula is C11H11N3S3. The molecule has 0 saturated carbocycles. The summed E-state index contributed by atoms with van der Waals surface area (Å²) >= 11 is 0. The third-order valence-corrected chi connectivity index (χ3v) is 5.89. The molecule has 0 radical (unpaired) electrons. The lowest BCUT2D eigenvalue weighted by Crippen LogP contribution is -1.85. The van der Waals surface area contributed by atoms with Gasteiger partial charge in [-0.05, 0) is 22.0 Å². The molecule has 88 valence electrons. The Balaban J connectivity index is 1.61. The van der Waals surface area contributed by atoms with Crippen LogP contribution in [0.3, 0.4) is 0 Å². The molecule has 2 aromatic heterocycles. The molecule has 0 unspecified atom stereocenters. The highest BCUT2D eigenvalue weighted by Gasteiger charge is 1.97. The Morgan fingerprint density at radius 2 is 1.71 bits per heavy atom. The minimum absolute atomic E-state index is 0.883. The summed E-state index contributed by atoms with van der Waals surface area (Å²) in [6, 6.07) is 5.99. The first-order valence-electron chi connectivity index (χ1n) is 5.01. The predicted molar refractivity (Wildman–Crippen MR) is 76.5 cm³/mol. The third-order valence-electron chi connectivity index (χ3n) is 1.85. The highest BCUT2D eigenvalue weighted by Crippen LogP contribution is 2.37. The number of pyridine rings is 1. The quantitative estimate of drug-likeness (QED) is 0.595. The minimum Gasteiger partial charge on any atom is -0.261 e. The zero-order valence-electron chi connectivity index (χ0n) is 9.02. The van der Waals surface area contributed by atoms with E-state index >= 15 is 0 Å². The van der Waals surface area contributed by atoms with Crippen molar-refractivity contribution in [2.24, 2.45) is 0 Å². The Morgan fingerprint density at radius 1 is 0.882 bits per heavy atom. The van der Waals surface area contributed by atoms with Crippen molar-refractivity contribution in [1.82, 2.24) is 15.0 Å². The fraction of sp³-hybridized carbons (Fsp3) is 0.182. The second-order valence-electron chi connectivity index (χ2n) is 3.11. The van der Waals surface area contributed by atoms with Gasteiger partial charge in [-0.25, -0.2) is 0 Å². The van der Waals surface area contributed by atoms with Crippen LogP contribution in [0.15, 0.2) is 43.0 Å². The van der Waals surface area contributed by atoms with Gasteiger partial charge in [-0.2, -0.15) is 0 Å². The van der Waals surface area contributed by atoms with Crippen molar-refractivity contribution in [3.8, 4) is 0 Å². The van der Waals surface area contributed by atoms with Crippen molar-refractivity contribution in [3.63, 3.8) is 0 Å². The van der Waals surface area contributed by atoms with Gasteiger partial charge in [0.1, 0.15) is 0 Å². The standard InChI is InChI=1S/C11H11N3S3/c1-2-4-13-10(3-1)8-15-17-16-9-11-7-12-5-6-14-11/h1-7H,8-9H2. The van der Waals surface area contributed by atoms with Gasteiger partial charge in [-0.1, -0.05) is 27.7 Å². The molecule has 0 saturated heterocycles. The fourth-order valence-corrected chi connectivity index (χ4v) is 4.51. The van der Waals surface area contributed by atoms with E-state index in [1.54, 1.807) is 50.0 Å². The van der Waals surface area contributed by atoms with Crippen LogP contribution in [0.25, 0.3) is 0 Å². The van der Waals surface area contributed by atoms with Crippen LogP contribution in [0.4, 0.5) is 0 Å². The summed E-state index contributed by atoms with van der Waals surface area (Å²) in [5.41, 5.74) is 2.13. The molecule has 0 aliphatic heterocycles. The van der Waals surface area contributed by atoms with Gasteiger partial charge in [-0.15, -0.1) is 0 Å². The number of nitrogens with zero attached hydrogens (tertiary/aromatic N) is 3. The summed E-state index contributed by atoms with van der Waals surface area (Å²) in [7, 11) is 5.34. The molecule has 3 nitrogen and oxygen atoms in total. The molecule has 17 heavy (non-hydrogen) atoms. The third kappa shape index (κ3) is 4.97. The molecule has 2 heterocycles. The first kappa shape index (κ1) is 12.7. The Kier molecular flexibility index (Phi) is 5.67. The smallest absolute Gasteiger partial charge is 0.0694 e. The van der Waals surface area contributed by atoms with Crippen LogP contribution >= 0.6 is 31.4 Å². The van der Waals surface area contributed by atoms with Crippen LogP contribution in [-0.4, -0.2) is 15.0 Å². The average Bonchev–Trinajstić information content (AvgIpc) is 2.41. The second kappa shape index (κ2) is 7.58. The molecule has 0 bridgehead atoms. The van der Waals surface area contributed by atoms with Crippen molar-refractivity contribution in [2.75, 3.05) is 0 Å². The molecule has 0 spiro atoms. The van der Waals surface area contributed by atoms with Gasteiger partial charge in [0, 0.05) is 36.3 Å². The van der Waals surface area contributed by atoms with E-state index in [4.69, 9.17) is 0 Å². The minimum atomic E-state index is 0.883. The Bertz CT molecular complexity index is 383. The summed E-state index contributed by atoms with van der Waals surface area (Å²) in [5, 5.41) is 0. The average molecular weight is 281 g/mol. The van der Waals surface area contributed by atoms with E-state index in [1.807, 2.05) is 24.4 Å². The molecule has 6 heteroatoms. The summed E-state index contributed by atoms with van der Waals surface area (Å²) in [5.74, 6) is 1.81. The van der Waals surface area contributed by atoms with Gasteiger partial charge in [0.25, 0.3) is 0 Å². The number of rotatable bonds is 6. The molecular weight excluding hydrogens is 270 g/mol. The second-order valence-corrected chi connectivity index (χ2v) is 7.34. The summed E-state index contributed by atoms with van der Waals surface area (Å²) in [6.07, 6.45) is 7.04. The summed E-state index contributed by atoms with van der Waals surface area (Å²) in [6.45, 7) is 0. The fourth-order valence-electron chi connectivity index (χ4n) is 1.09. The van der Waals surface area contributed by atoms with Gasteiger partial charge < -0.3 is 0 Å². The van der Waals surface area contributed by atoms with Gasteiger partial charge >= 0.3 is 0 Å². The maximum atomic E-state index is 4.27. The van der Waals surface area contributed by atoms with Gasteiger partial charge in [0.15, 0.2) is 0 Å². The molecule has 0 fully saturated rings. The maximum absolute atomic E-state index is 4.27. The number of hydrogen-bond acceptors (Lipinski definition) is 6. The maximum Gasteiger partial charge on any atom is 0.0694 e. The molecule has 0 N–H and O–H groups in total. The van der Waals surface area contributed by atoms with E-state index in [0.29, 0.717) is 0 Å². The van der Waals surface area contributed by atoms with E-state index in [1.165, 1.54) is 0 Å².